The molecule has 0 aliphatic carbocycles. The van der Waals surface area contributed by atoms with Crippen LogP contribution < -0.4 is 10.2 Å². The van der Waals surface area contributed by atoms with E-state index >= 15 is 0 Å². The molecule has 0 saturated carbocycles. The Hall–Kier alpha value is -2.66. The Morgan fingerprint density at radius 1 is 1.07 bits per heavy atom. The summed E-state index contributed by atoms with van der Waals surface area (Å²) < 4.78 is 1.52. The molecule has 2 aromatic carbocycles. The lowest BCUT2D eigenvalue weighted by Gasteiger charge is -2.20. The van der Waals surface area contributed by atoms with E-state index in [1.54, 1.807) is 5.38 Å². The first kappa shape index (κ1) is 19.1. The Labute approximate surface area is 163 Å². The molecule has 1 atom stereocenters. The van der Waals surface area contributed by atoms with Crippen LogP contribution in [-0.2, 0) is 17.8 Å². The van der Waals surface area contributed by atoms with Crippen molar-refractivity contribution < 1.29 is 4.79 Å². The number of benzene rings is 2. The van der Waals surface area contributed by atoms with Crippen molar-refractivity contribution in [2.75, 3.05) is 0 Å². The average Bonchev–Trinajstić information content (AvgIpc) is 3.01. The summed E-state index contributed by atoms with van der Waals surface area (Å²) in [6, 6.07) is 20.3. The molecule has 3 rings (SSSR count). The van der Waals surface area contributed by atoms with Crippen LogP contribution in [0.3, 0.4) is 0 Å². The van der Waals surface area contributed by atoms with Crippen LogP contribution in [0, 0.1) is 6.92 Å². The van der Waals surface area contributed by atoms with Crippen molar-refractivity contribution in [1.82, 2.24) is 9.88 Å². The van der Waals surface area contributed by atoms with Crippen molar-refractivity contribution in [2.45, 2.75) is 38.8 Å². The molecule has 0 saturated heterocycles. The first-order valence-corrected chi connectivity index (χ1v) is 10.0. The minimum absolute atomic E-state index is 0.0583. The third-order valence-corrected chi connectivity index (χ3v) is 5.50. The van der Waals surface area contributed by atoms with Crippen molar-refractivity contribution in [3.63, 3.8) is 0 Å². The molecule has 4 nitrogen and oxygen atoms in total. The summed E-state index contributed by atoms with van der Waals surface area (Å²) >= 11 is 1.13. The molecule has 1 heterocycles. The Kier molecular flexibility index (Phi) is 6.60. The highest BCUT2D eigenvalue weighted by Gasteiger charge is 2.16. The van der Waals surface area contributed by atoms with E-state index in [1.165, 1.54) is 10.1 Å². The number of aromatic nitrogens is 1. The molecule has 140 valence electrons. The van der Waals surface area contributed by atoms with Gasteiger partial charge in [0.1, 0.15) is 6.54 Å². The summed E-state index contributed by atoms with van der Waals surface area (Å²) in [5, 5.41) is 4.90. The van der Waals surface area contributed by atoms with E-state index in [0.29, 0.717) is 0 Å². The standard InChI is InChI=1S/C22H24N2O2S/c1-17-16-27-22(26)24(17)15-21(25)23-20(19-12-6-3-7-13-19)14-8-11-18-9-4-2-5-10-18/h2-7,9-10,12-13,16,20H,8,11,14-15H2,1H3,(H,23,25)/t20-/m1/s1. The highest BCUT2D eigenvalue weighted by atomic mass is 32.1. The minimum Gasteiger partial charge on any atom is -0.348 e. The summed E-state index contributed by atoms with van der Waals surface area (Å²) in [7, 11) is 0. The van der Waals surface area contributed by atoms with Crippen molar-refractivity contribution in [2.24, 2.45) is 0 Å². The molecule has 0 fully saturated rings. The fraction of sp³-hybridized carbons (Fsp3) is 0.273. The predicted molar refractivity (Wildman–Crippen MR) is 110 cm³/mol. The third kappa shape index (κ3) is 5.41. The molecule has 0 bridgehead atoms. The zero-order chi connectivity index (χ0) is 19.1. The molecule has 0 radical (unpaired) electrons. The van der Waals surface area contributed by atoms with Crippen molar-refractivity contribution in [1.29, 1.82) is 0 Å². The van der Waals surface area contributed by atoms with Crippen molar-refractivity contribution in [3.8, 4) is 0 Å². The second kappa shape index (κ2) is 9.33. The van der Waals surface area contributed by atoms with Crippen LogP contribution in [0.2, 0.25) is 0 Å². The smallest absolute Gasteiger partial charge is 0.307 e. The number of amides is 1. The van der Waals surface area contributed by atoms with E-state index in [9.17, 15) is 9.59 Å². The zero-order valence-electron chi connectivity index (χ0n) is 15.4. The number of carbonyl (C=O) groups is 1. The van der Waals surface area contributed by atoms with Crippen molar-refractivity contribution >= 4 is 17.2 Å². The Morgan fingerprint density at radius 2 is 1.74 bits per heavy atom. The lowest BCUT2D eigenvalue weighted by atomic mass is 9.99. The number of hydrogen-bond acceptors (Lipinski definition) is 3. The normalized spacial score (nSPS) is 11.9. The van der Waals surface area contributed by atoms with Gasteiger partial charge in [-0.15, -0.1) is 0 Å². The first-order valence-electron chi connectivity index (χ1n) is 9.16. The van der Waals surface area contributed by atoms with Gasteiger partial charge in [0.2, 0.25) is 5.91 Å². The lowest BCUT2D eigenvalue weighted by Crippen LogP contribution is -2.34. The molecule has 0 aliphatic rings. The van der Waals surface area contributed by atoms with E-state index in [1.807, 2.05) is 55.5 Å². The third-order valence-electron chi connectivity index (χ3n) is 4.62. The molecule has 3 aromatic rings. The molecular formula is C22H24N2O2S. The average molecular weight is 381 g/mol. The quantitative estimate of drug-likeness (QED) is 0.640. The van der Waals surface area contributed by atoms with Gasteiger partial charge < -0.3 is 5.32 Å². The Morgan fingerprint density at radius 3 is 2.37 bits per heavy atom. The molecule has 1 amide bonds. The topological polar surface area (TPSA) is 51.1 Å². The Balaban J connectivity index is 1.65. The van der Waals surface area contributed by atoms with E-state index in [-0.39, 0.29) is 23.4 Å². The van der Waals surface area contributed by atoms with Crippen LogP contribution in [-0.4, -0.2) is 10.5 Å². The fourth-order valence-corrected chi connectivity index (χ4v) is 3.88. The highest BCUT2D eigenvalue weighted by Crippen LogP contribution is 2.20. The van der Waals surface area contributed by atoms with Crippen LogP contribution >= 0.6 is 11.3 Å². The molecule has 0 unspecified atom stereocenters. The maximum Gasteiger partial charge on any atom is 0.307 e. The summed E-state index contributed by atoms with van der Waals surface area (Å²) in [6.07, 6.45) is 2.80. The number of hydrogen-bond donors (Lipinski definition) is 1. The summed E-state index contributed by atoms with van der Waals surface area (Å²) in [5.74, 6) is -0.132. The number of nitrogens with zero attached hydrogens (tertiary/aromatic N) is 1. The van der Waals surface area contributed by atoms with Gasteiger partial charge in [-0.3, -0.25) is 14.2 Å². The summed E-state index contributed by atoms with van der Waals surface area (Å²) in [6.45, 7) is 1.91. The van der Waals surface area contributed by atoms with Crippen molar-refractivity contribution in [3.05, 3.63) is 92.5 Å². The van der Waals surface area contributed by atoms with Crippen LogP contribution in [0.4, 0.5) is 0 Å². The van der Waals surface area contributed by atoms with Gasteiger partial charge in [-0.05, 0) is 37.3 Å². The van der Waals surface area contributed by atoms with E-state index in [2.05, 4.69) is 17.4 Å². The maximum atomic E-state index is 12.6. The van der Waals surface area contributed by atoms with Gasteiger partial charge in [0.25, 0.3) is 0 Å². The molecular weight excluding hydrogens is 356 g/mol. The van der Waals surface area contributed by atoms with Crippen LogP contribution in [0.15, 0.2) is 70.8 Å². The van der Waals surface area contributed by atoms with E-state index < -0.39 is 0 Å². The number of thiazole rings is 1. The Bertz CT molecular complexity index is 916. The summed E-state index contributed by atoms with van der Waals surface area (Å²) in [4.78, 5) is 24.3. The molecule has 27 heavy (non-hydrogen) atoms. The molecule has 1 N–H and O–H groups in total. The maximum absolute atomic E-state index is 12.6. The molecule has 1 aromatic heterocycles. The second-order valence-corrected chi connectivity index (χ2v) is 7.46. The number of aryl methyl sites for hydroxylation is 2. The van der Waals surface area contributed by atoms with E-state index in [4.69, 9.17) is 0 Å². The second-order valence-electron chi connectivity index (χ2n) is 6.64. The number of rotatable bonds is 8. The fourth-order valence-electron chi connectivity index (χ4n) is 3.14. The van der Waals surface area contributed by atoms with Gasteiger partial charge >= 0.3 is 4.87 Å². The van der Waals surface area contributed by atoms with Gasteiger partial charge in [0, 0.05) is 11.1 Å². The van der Waals surface area contributed by atoms with E-state index in [0.717, 1.165) is 41.9 Å². The first-order chi connectivity index (χ1) is 13.1. The van der Waals surface area contributed by atoms with Gasteiger partial charge in [-0.2, -0.15) is 0 Å². The number of nitrogens with one attached hydrogen (secondary N) is 1. The predicted octanol–water partition coefficient (Wildman–Crippen LogP) is 4.10. The van der Waals surface area contributed by atoms with Gasteiger partial charge in [-0.1, -0.05) is 72.0 Å². The SMILES string of the molecule is Cc1csc(=O)n1CC(=O)N[C@H](CCCc1ccccc1)c1ccccc1. The monoisotopic (exact) mass is 380 g/mol. The number of carbonyl (C=O) groups excluding carboxylic acids is 1. The van der Waals surface area contributed by atoms with Gasteiger partial charge in [0.15, 0.2) is 0 Å². The van der Waals surface area contributed by atoms with Crippen LogP contribution in [0.5, 0.6) is 0 Å². The zero-order valence-corrected chi connectivity index (χ0v) is 16.2. The largest absolute Gasteiger partial charge is 0.348 e. The molecule has 5 heteroatoms. The summed E-state index contributed by atoms with van der Waals surface area (Å²) in [5.41, 5.74) is 3.21. The molecule has 0 spiro atoms. The minimum atomic E-state index is -0.132. The van der Waals surface area contributed by atoms with Crippen LogP contribution in [0.1, 0.15) is 35.7 Å². The highest BCUT2D eigenvalue weighted by molar-refractivity contribution is 7.07. The van der Waals surface area contributed by atoms with Crippen LogP contribution in [0.25, 0.3) is 0 Å². The van der Waals surface area contributed by atoms with Gasteiger partial charge in [-0.25, -0.2) is 0 Å². The van der Waals surface area contributed by atoms with Gasteiger partial charge in [0.05, 0.1) is 6.04 Å². The molecule has 0 aliphatic heterocycles. The lowest BCUT2D eigenvalue weighted by molar-refractivity contribution is -0.122.